The molecule has 9 heteroatoms. The van der Waals surface area contributed by atoms with E-state index in [-0.39, 0.29) is 10.6 Å². The van der Waals surface area contributed by atoms with Crippen LogP contribution >= 0.6 is 0 Å². The van der Waals surface area contributed by atoms with Crippen LogP contribution in [0.15, 0.2) is 23.1 Å². The van der Waals surface area contributed by atoms with Gasteiger partial charge in [0.1, 0.15) is 5.69 Å². The SMILES string of the molecule is CC[NH+]1CCN(c2ccc(S(=O)(=O)N3CCC(C)CC3)cc2[N+](=O)[O-])CC1. The molecule has 0 amide bonds. The Morgan fingerprint density at radius 2 is 1.81 bits per heavy atom. The van der Waals surface area contributed by atoms with E-state index < -0.39 is 14.9 Å². The van der Waals surface area contributed by atoms with Crippen molar-refractivity contribution in [2.45, 2.75) is 31.6 Å². The fourth-order valence-corrected chi connectivity index (χ4v) is 5.36. The summed E-state index contributed by atoms with van der Waals surface area (Å²) in [6.45, 7) is 9.57. The lowest BCUT2D eigenvalue weighted by molar-refractivity contribution is -0.898. The van der Waals surface area contributed by atoms with Crippen LogP contribution in [-0.2, 0) is 10.0 Å². The van der Waals surface area contributed by atoms with E-state index in [0.29, 0.717) is 24.7 Å². The van der Waals surface area contributed by atoms with Crippen LogP contribution in [0.1, 0.15) is 26.7 Å². The number of sulfonamides is 1. The highest BCUT2D eigenvalue weighted by Crippen LogP contribution is 2.32. The maximum absolute atomic E-state index is 12.9. The molecule has 2 saturated heterocycles. The predicted molar refractivity (Wildman–Crippen MR) is 104 cm³/mol. The summed E-state index contributed by atoms with van der Waals surface area (Å²) in [4.78, 5) is 14.7. The third-order valence-electron chi connectivity index (χ3n) is 5.84. The lowest BCUT2D eigenvalue weighted by Gasteiger charge is -2.33. The molecule has 0 bridgehead atoms. The lowest BCUT2D eigenvalue weighted by atomic mass is 10.0. The van der Waals surface area contributed by atoms with Crippen LogP contribution in [0, 0.1) is 16.0 Å². The highest BCUT2D eigenvalue weighted by molar-refractivity contribution is 7.89. The zero-order valence-corrected chi connectivity index (χ0v) is 16.9. The Labute approximate surface area is 160 Å². The van der Waals surface area contributed by atoms with E-state index in [4.69, 9.17) is 0 Å². The molecule has 2 fully saturated rings. The molecule has 0 atom stereocenters. The number of nitro groups is 1. The van der Waals surface area contributed by atoms with Crippen molar-refractivity contribution >= 4 is 21.4 Å². The second-order valence-corrected chi connectivity index (χ2v) is 9.52. The van der Waals surface area contributed by atoms with Gasteiger partial charge in [-0.1, -0.05) is 6.92 Å². The standard InChI is InChI=1S/C18H28N4O4S/c1-3-19-10-12-20(13-11-19)17-5-4-16(14-18(17)22(23)24)27(25,26)21-8-6-15(2)7-9-21/h4-5,14-15H,3,6-13H2,1-2H3/p+1. The number of quaternary nitrogens is 1. The van der Waals surface area contributed by atoms with Gasteiger partial charge in [0.05, 0.1) is 42.5 Å². The zero-order chi connectivity index (χ0) is 19.6. The van der Waals surface area contributed by atoms with E-state index in [2.05, 4.69) is 13.8 Å². The molecule has 0 spiro atoms. The molecule has 0 aromatic heterocycles. The number of nitro benzene ring substituents is 1. The summed E-state index contributed by atoms with van der Waals surface area (Å²) < 4.78 is 27.3. The molecular weight excluding hydrogens is 368 g/mol. The number of nitrogens with zero attached hydrogens (tertiary/aromatic N) is 3. The molecule has 0 saturated carbocycles. The summed E-state index contributed by atoms with van der Waals surface area (Å²) in [6.07, 6.45) is 1.65. The van der Waals surface area contributed by atoms with E-state index in [9.17, 15) is 18.5 Å². The van der Waals surface area contributed by atoms with Crippen LogP contribution in [0.3, 0.4) is 0 Å². The van der Waals surface area contributed by atoms with Crippen molar-refractivity contribution in [2.24, 2.45) is 5.92 Å². The van der Waals surface area contributed by atoms with E-state index in [1.807, 2.05) is 4.90 Å². The Morgan fingerprint density at radius 3 is 2.37 bits per heavy atom. The number of hydrogen-bond acceptors (Lipinski definition) is 5. The maximum atomic E-state index is 12.9. The summed E-state index contributed by atoms with van der Waals surface area (Å²) in [5, 5.41) is 11.6. The monoisotopic (exact) mass is 397 g/mol. The van der Waals surface area contributed by atoms with Gasteiger partial charge in [-0.05, 0) is 37.8 Å². The molecule has 0 radical (unpaired) electrons. The first-order valence-corrected chi connectivity index (χ1v) is 11.1. The van der Waals surface area contributed by atoms with Crippen molar-refractivity contribution in [3.63, 3.8) is 0 Å². The van der Waals surface area contributed by atoms with Crippen LogP contribution in [0.5, 0.6) is 0 Å². The van der Waals surface area contributed by atoms with Crippen molar-refractivity contribution in [2.75, 3.05) is 50.7 Å². The topological polar surface area (TPSA) is 88.2 Å². The van der Waals surface area contributed by atoms with Gasteiger partial charge >= 0.3 is 0 Å². The number of piperidine rings is 1. The van der Waals surface area contributed by atoms with Crippen LogP contribution in [0.25, 0.3) is 0 Å². The number of benzene rings is 1. The molecule has 2 aliphatic rings. The molecule has 2 aliphatic heterocycles. The molecule has 1 aromatic carbocycles. The maximum Gasteiger partial charge on any atom is 0.293 e. The molecule has 1 N–H and O–H groups in total. The van der Waals surface area contributed by atoms with Crippen molar-refractivity contribution in [1.29, 1.82) is 0 Å². The Hall–Kier alpha value is -1.71. The normalized spacial score (nSPS) is 20.7. The van der Waals surface area contributed by atoms with Gasteiger partial charge in [-0.2, -0.15) is 4.31 Å². The molecule has 27 heavy (non-hydrogen) atoms. The van der Waals surface area contributed by atoms with E-state index >= 15 is 0 Å². The number of anilines is 1. The summed E-state index contributed by atoms with van der Waals surface area (Å²) in [5.74, 6) is 0.511. The number of nitrogens with one attached hydrogen (secondary N) is 1. The van der Waals surface area contributed by atoms with Gasteiger partial charge in [0.25, 0.3) is 5.69 Å². The lowest BCUT2D eigenvalue weighted by Crippen LogP contribution is -3.14. The largest absolute Gasteiger partial charge is 0.355 e. The van der Waals surface area contributed by atoms with Gasteiger partial charge in [0, 0.05) is 19.2 Å². The summed E-state index contributed by atoms with van der Waals surface area (Å²) in [5.41, 5.74) is 0.391. The third kappa shape index (κ3) is 4.25. The average molecular weight is 398 g/mol. The van der Waals surface area contributed by atoms with Gasteiger partial charge < -0.3 is 9.80 Å². The minimum atomic E-state index is -3.70. The molecule has 0 unspecified atom stereocenters. The van der Waals surface area contributed by atoms with E-state index in [1.165, 1.54) is 21.3 Å². The Bertz CT molecular complexity index is 783. The molecule has 2 heterocycles. The predicted octanol–water partition coefficient (Wildman–Crippen LogP) is 0.740. The minimum Gasteiger partial charge on any atom is -0.355 e. The Balaban J connectivity index is 1.86. The van der Waals surface area contributed by atoms with Gasteiger partial charge in [-0.25, -0.2) is 8.42 Å². The highest BCUT2D eigenvalue weighted by Gasteiger charge is 2.31. The second kappa shape index (κ2) is 8.12. The first kappa shape index (κ1) is 20.0. The van der Waals surface area contributed by atoms with Crippen LogP contribution < -0.4 is 9.80 Å². The molecule has 8 nitrogen and oxygen atoms in total. The number of hydrogen-bond donors (Lipinski definition) is 1. The second-order valence-electron chi connectivity index (χ2n) is 7.58. The number of piperazine rings is 1. The van der Waals surface area contributed by atoms with E-state index in [1.54, 1.807) is 6.07 Å². The summed E-state index contributed by atoms with van der Waals surface area (Å²) in [7, 11) is -3.70. The fraction of sp³-hybridized carbons (Fsp3) is 0.667. The van der Waals surface area contributed by atoms with Crippen LogP contribution in [-0.4, -0.2) is 63.5 Å². The van der Waals surface area contributed by atoms with Crippen molar-refractivity contribution < 1.29 is 18.2 Å². The smallest absolute Gasteiger partial charge is 0.293 e. The Morgan fingerprint density at radius 1 is 1.19 bits per heavy atom. The Kier molecular flexibility index (Phi) is 6.02. The van der Waals surface area contributed by atoms with Gasteiger partial charge in [-0.15, -0.1) is 0 Å². The fourth-order valence-electron chi connectivity index (χ4n) is 3.87. The molecular formula is C18H29N4O4S+. The molecule has 0 aliphatic carbocycles. The van der Waals surface area contributed by atoms with Crippen molar-refractivity contribution in [3.8, 4) is 0 Å². The third-order valence-corrected chi connectivity index (χ3v) is 7.73. The van der Waals surface area contributed by atoms with Crippen LogP contribution in [0.2, 0.25) is 0 Å². The molecule has 3 rings (SSSR count). The van der Waals surface area contributed by atoms with Crippen molar-refractivity contribution in [1.82, 2.24) is 4.31 Å². The van der Waals surface area contributed by atoms with Gasteiger partial charge in [0.2, 0.25) is 10.0 Å². The number of likely N-dealkylation sites (N-methyl/N-ethyl adjacent to an activating group) is 1. The summed E-state index contributed by atoms with van der Waals surface area (Å²) >= 11 is 0. The molecule has 150 valence electrons. The van der Waals surface area contributed by atoms with Gasteiger partial charge in [0.15, 0.2) is 0 Å². The highest BCUT2D eigenvalue weighted by atomic mass is 32.2. The van der Waals surface area contributed by atoms with Gasteiger partial charge in [-0.3, -0.25) is 10.1 Å². The zero-order valence-electron chi connectivity index (χ0n) is 16.1. The first-order chi connectivity index (χ1) is 12.8. The van der Waals surface area contributed by atoms with E-state index in [0.717, 1.165) is 45.6 Å². The summed E-state index contributed by atoms with van der Waals surface area (Å²) in [6, 6.07) is 4.37. The number of rotatable bonds is 5. The first-order valence-electron chi connectivity index (χ1n) is 9.70. The quantitative estimate of drug-likeness (QED) is 0.585. The van der Waals surface area contributed by atoms with Crippen molar-refractivity contribution in [3.05, 3.63) is 28.3 Å². The van der Waals surface area contributed by atoms with Crippen LogP contribution in [0.4, 0.5) is 11.4 Å². The average Bonchev–Trinajstić information content (AvgIpc) is 2.68. The minimum absolute atomic E-state index is 0.0188. The molecule has 1 aromatic rings.